The molecule has 3 heteroatoms. The van der Waals surface area contributed by atoms with Gasteiger partial charge in [0, 0.05) is 5.41 Å². The summed E-state index contributed by atoms with van der Waals surface area (Å²) in [5.74, 6) is -0.380. The minimum absolute atomic E-state index is 0.380. The molecule has 78 valence electrons. The van der Waals surface area contributed by atoms with Crippen LogP contribution in [0.25, 0.3) is 0 Å². The van der Waals surface area contributed by atoms with Crippen molar-refractivity contribution in [2.75, 3.05) is 0 Å². The van der Waals surface area contributed by atoms with Gasteiger partial charge in [-0.05, 0) is 20.8 Å². The van der Waals surface area contributed by atoms with E-state index in [0.29, 0.717) is 0 Å². The number of ether oxygens (including phenoxy) is 1. The van der Waals surface area contributed by atoms with E-state index in [-0.39, 0.29) is 5.97 Å². The van der Waals surface area contributed by atoms with Gasteiger partial charge < -0.3 is 9.84 Å². The van der Waals surface area contributed by atoms with E-state index in [1.807, 2.05) is 20.8 Å². The molecular weight excluding hydrogens is 168 g/mol. The third-order valence-corrected chi connectivity index (χ3v) is 1.57. The highest BCUT2D eigenvalue weighted by molar-refractivity contribution is 5.75. The third-order valence-electron chi connectivity index (χ3n) is 1.57. The van der Waals surface area contributed by atoms with Crippen molar-refractivity contribution < 1.29 is 14.6 Å². The summed E-state index contributed by atoms with van der Waals surface area (Å²) in [4.78, 5) is 11.3. The monoisotopic (exact) mass is 188 g/mol. The first-order valence-corrected chi connectivity index (χ1v) is 4.44. The SMILES string of the molecule is CC(C)(C)C(=O)OC(O)C(C)(C)C. The zero-order chi connectivity index (χ0) is 10.9. The number of carbonyl (C=O) groups is 1. The number of esters is 1. The van der Waals surface area contributed by atoms with Crippen molar-refractivity contribution in [2.45, 2.75) is 47.8 Å². The maximum Gasteiger partial charge on any atom is 0.313 e. The molecule has 1 N–H and O–H groups in total. The Hall–Kier alpha value is -0.570. The molecule has 0 rings (SSSR count). The predicted molar refractivity (Wildman–Crippen MR) is 51.0 cm³/mol. The molecule has 0 aromatic heterocycles. The average molecular weight is 188 g/mol. The normalized spacial score (nSPS) is 15.3. The summed E-state index contributed by atoms with van der Waals surface area (Å²) in [5.41, 5.74) is -0.993. The lowest BCUT2D eigenvalue weighted by Gasteiger charge is -2.28. The van der Waals surface area contributed by atoms with Gasteiger partial charge in [-0.25, -0.2) is 0 Å². The minimum Gasteiger partial charge on any atom is -0.435 e. The largest absolute Gasteiger partial charge is 0.435 e. The lowest BCUT2D eigenvalue weighted by molar-refractivity contribution is -0.195. The molecule has 0 aromatic carbocycles. The van der Waals surface area contributed by atoms with Crippen molar-refractivity contribution in [1.29, 1.82) is 0 Å². The van der Waals surface area contributed by atoms with Crippen LogP contribution in [0.2, 0.25) is 0 Å². The van der Waals surface area contributed by atoms with E-state index in [1.54, 1.807) is 20.8 Å². The van der Waals surface area contributed by atoms with Gasteiger partial charge in [0.1, 0.15) is 0 Å². The number of aliphatic hydroxyl groups excluding tert-OH is 1. The highest BCUT2D eigenvalue weighted by Crippen LogP contribution is 2.23. The van der Waals surface area contributed by atoms with Gasteiger partial charge in [0.25, 0.3) is 0 Å². The van der Waals surface area contributed by atoms with Gasteiger partial charge in [-0.2, -0.15) is 0 Å². The maximum atomic E-state index is 11.3. The quantitative estimate of drug-likeness (QED) is 0.505. The zero-order valence-electron chi connectivity index (χ0n) is 9.34. The molecule has 0 aliphatic rings. The molecule has 3 nitrogen and oxygen atoms in total. The van der Waals surface area contributed by atoms with E-state index in [4.69, 9.17) is 4.74 Å². The van der Waals surface area contributed by atoms with Crippen LogP contribution in [0.5, 0.6) is 0 Å². The molecule has 1 unspecified atom stereocenters. The van der Waals surface area contributed by atoms with Crippen molar-refractivity contribution in [3.63, 3.8) is 0 Å². The molecule has 0 saturated heterocycles. The van der Waals surface area contributed by atoms with Crippen LogP contribution in [-0.4, -0.2) is 17.4 Å². The van der Waals surface area contributed by atoms with Crippen LogP contribution in [0, 0.1) is 10.8 Å². The molecule has 0 heterocycles. The molecule has 0 fully saturated rings. The topological polar surface area (TPSA) is 46.5 Å². The molecule has 0 aliphatic carbocycles. The number of carbonyl (C=O) groups excluding carboxylic acids is 1. The molecule has 0 aliphatic heterocycles. The van der Waals surface area contributed by atoms with Crippen molar-refractivity contribution in [3.05, 3.63) is 0 Å². The molecule has 0 radical (unpaired) electrons. The molecule has 1 atom stereocenters. The number of rotatable bonds is 1. The Morgan fingerprint density at radius 2 is 1.54 bits per heavy atom. The maximum absolute atomic E-state index is 11.3. The van der Waals surface area contributed by atoms with Crippen molar-refractivity contribution in [2.24, 2.45) is 10.8 Å². The lowest BCUT2D eigenvalue weighted by Crippen LogP contribution is -2.35. The standard InChI is InChI=1S/C10H20O3/c1-9(2,3)7(11)13-8(12)10(4,5)6/h7,11H,1-6H3. The fourth-order valence-corrected chi connectivity index (χ4v) is 0.455. The summed E-state index contributed by atoms with van der Waals surface area (Å²) >= 11 is 0. The zero-order valence-corrected chi connectivity index (χ0v) is 9.34. The Morgan fingerprint density at radius 3 is 1.77 bits per heavy atom. The van der Waals surface area contributed by atoms with Crippen molar-refractivity contribution in [3.8, 4) is 0 Å². The molecule has 0 aromatic rings. The Labute approximate surface area is 80.1 Å². The van der Waals surface area contributed by atoms with Crippen LogP contribution < -0.4 is 0 Å². The summed E-state index contributed by atoms with van der Waals surface area (Å²) < 4.78 is 4.90. The van der Waals surface area contributed by atoms with Crippen LogP contribution in [0.1, 0.15) is 41.5 Å². The highest BCUT2D eigenvalue weighted by Gasteiger charge is 2.31. The van der Waals surface area contributed by atoms with E-state index < -0.39 is 17.1 Å². The van der Waals surface area contributed by atoms with E-state index in [0.717, 1.165) is 0 Å². The lowest BCUT2D eigenvalue weighted by atomic mass is 9.94. The van der Waals surface area contributed by atoms with Crippen molar-refractivity contribution >= 4 is 5.97 Å². The second-order valence-corrected chi connectivity index (χ2v) is 5.37. The van der Waals surface area contributed by atoms with E-state index >= 15 is 0 Å². The Morgan fingerprint density at radius 1 is 1.15 bits per heavy atom. The minimum atomic E-state index is -1.04. The first-order chi connectivity index (χ1) is 5.55. The number of aliphatic hydroxyl groups is 1. The van der Waals surface area contributed by atoms with Crippen LogP contribution in [0.15, 0.2) is 0 Å². The second kappa shape index (κ2) is 3.66. The molecule has 13 heavy (non-hydrogen) atoms. The van der Waals surface area contributed by atoms with Crippen LogP contribution in [0.3, 0.4) is 0 Å². The van der Waals surface area contributed by atoms with E-state index in [2.05, 4.69) is 0 Å². The summed E-state index contributed by atoms with van der Waals surface area (Å²) in [5, 5.41) is 9.48. The van der Waals surface area contributed by atoms with Gasteiger partial charge in [-0.15, -0.1) is 0 Å². The summed E-state index contributed by atoms with van der Waals surface area (Å²) in [6, 6.07) is 0. The van der Waals surface area contributed by atoms with Gasteiger partial charge >= 0.3 is 5.97 Å². The van der Waals surface area contributed by atoms with Gasteiger partial charge in [-0.3, -0.25) is 4.79 Å². The summed E-state index contributed by atoms with van der Waals surface area (Å²) in [6.07, 6.45) is -1.04. The molecule has 0 saturated carbocycles. The van der Waals surface area contributed by atoms with Gasteiger partial charge in [0.15, 0.2) is 0 Å². The number of hydrogen-bond donors (Lipinski definition) is 1. The Balaban J connectivity index is 4.24. The van der Waals surface area contributed by atoms with Gasteiger partial charge in [0.2, 0.25) is 6.29 Å². The molecule has 0 bridgehead atoms. The third kappa shape index (κ3) is 4.27. The van der Waals surface area contributed by atoms with Gasteiger partial charge in [0.05, 0.1) is 5.41 Å². The average Bonchev–Trinajstić information content (AvgIpc) is 1.82. The summed E-state index contributed by atoms with van der Waals surface area (Å²) in [7, 11) is 0. The van der Waals surface area contributed by atoms with E-state index in [1.165, 1.54) is 0 Å². The fraction of sp³-hybridized carbons (Fsp3) is 0.900. The highest BCUT2D eigenvalue weighted by atomic mass is 16.6. The Kier molecular flexibility index (Phi) is 3.50. The van der Waals surface area contributed by atoms with Crippen molar-refractivity contribution in [1.82, 2.24) is 0 Å². The molecular formula is C10H20O3. The second-order valence-electron chi connectivity index (χ2n) is 5.37. The van der Waals surface area contributed by atoms with E-state index in [9.17, 15) is 9.90 Å². The predicted octanol–water partition coefficient (Wildman–Crippen LogP) is 1.94. The summed E-state index contributed by atoms with van der Waals surface area (Å²) in [6.45, 7) is 10.7. The fourth-order valence-electron chi connectivity index (χ4n) is 0.455. The van der Waals surface area contributed by atoms with Crippen LogP contribution in [0.4, 0.5) is 0 Å². The smallest absolute Gasteiger partial charge is 0.313 e. The first-order valence-electron chi connectivity index (χ1n) is 4.44. The molecule has 0 amide bonds. The molecule has 0 spiro atoms. The first kappa shape index (κ1) is 12.4. The Bertz CT molecular complexity index is 183. The van der Waals surface area contributed by atoms with Gasteiger partial charge in [-0.1, -0.05) is 20.8 Å². The number of hydrogen-bond acceptors (Lipinski definition) is 3. The van der Waals surface area contributed by atoms with Crippen LogP contribution in [-0.2, 0) is 9.53 Å². The van der Waals surface area contributed by atoms with Crippen LogP contribution >= 0.6 is 0 Å².